The molecule has 0 aromatic rings. The average molecular weight is 243 g/mol. The summed E-state index contributed by atoms with van der Waals surface area (Å²) in [5, 5.41) is 3.78. The van der Waals surface area contributed by atoms with Crippen LogP contribution >= 0.6 is 0 Å². The molecular formula is C11H21N3O3. The van der Waals surface area contributed by atoms with E-state index in [4.69, 9.17) is 10.5 Å². The van der Waals surface area contributed by atoms with Gasteiger partial charge in [0.15, 0.2) is 0 Å². The monoisotopic (exact) mass is 243 g/mol. The van der Waals surface area contributed by atoms with E-state index in [2.05, 4.69) is 10.5 Å². The molecule has 0 fully saturated rings. The van der Waals surface area contributed by atoms with Crippen molar-refractivity contribution in [2.75, 3.05) is 7.11 Å². The topological polar surface area (TPSA) is 93.8 Å². The van der Waals surface area contributed by atoms with Gasteiger partial charge in [-0.1, -0.05) is 13.8 Å². The van der Waals surface area contributed by atoms with Crippen LogP contribution in [0.25, 0.3) is 0 Å². The van der Waals surface area contributed by atoms with Gasteiger partial charge < -0.3 is 10.5 Å². The fourth-order valence-corrected chi connectivity index (χ4v) is 1.45. The van der Waals surface area contributed by atoms with Crippen molar-refractivity contribution in [1.29, 1.82) is 0 Å². The van der Waals surface area contributed by atoms with Gasteiger partial charge in [0.1, 0.15) is 0 Å². The number of carbonyl (C=O) groups is 2. The minimum atomic E-state index is -0.697. The van der Waals surface area contributed by atoms with Gasteiger partial charge in [-0.15, -0.1) is 0 Å². The molecular weight excluding hydrogens is 222 g/mol. The second-order valence-corrected chi connectivity index (χ2v) is 4.24. The molecule has 17 heavy (non-hydrogen) atoms. The molecule has 0 unspecified atom stereocenters. The number of amides is 2. The number of hydrazone groups is 1. The van der Waals surface area contributed by atoms with Crippen LogP contribution in [0.4, 0.5) is 4.79 Å². The Morgan fingerprint density at radius 2 is 2.00 bits per heavy atom. The van der Waals surface area contributed by atoms with Crippen molar-refractivity contribution in [2.24, 2.45) is 22.7 Å². The molecule has 6 nitrogen and oxygen atoms in total. The number of hydrogen-bond acceptors (Lipinski definition) is 4. The van der Waals surface area contributed by atoms with Gasteiger partial charge in [0.05, 0.1) is 13.0 Å². The summed E-state index contributed by atoms with van der Waals surface area (Å²) in [7, 11) is 1.38. The smallest absolute Gasteiger partial charge is 0.332 e. The second-order valence-electron chi connectivity index (χ2n) is 4.24. The number of carbonyl (C=O) groups excluding carboxylic acids is 2. The van der Waals surface area contributed by atoms with Crippen LogP contribution in [0.2, 0.25) is 0 Å². The number of nitrogens with zero attached hydrogens (tertiary/aromatic N) is 1. The Labute approximate surface area is 102 Å². The maximum Gasteiger partial charge on any atom is 0.332 e. The Bertz CT molecular complexity index is 300. The zero-order valence-corrected chi connectivity index (χ0v) is 10.8. The maximum absolute atomic E-state index is 11.5. The summed E-state index contributed by atoms with van der Waals surface area (Å²) in [6.45, 7) is 5.70. The van der Waals surface area contributed by atoms with Crippen molar-refractivity contribution in [2.45, 2.75) is 33.6 Å². The maximum atomic E-state index is 11.5. The van der Waals surface area contributed by atoms with Gasteiger partial charge >= 0.3 is 12.0 Å². The summed E-state index contributed by atoms with van der Waals surface area (Å²) < 4.78 is 4.74. The summed E-state index contributed by atoms with van der Waals surface area (Å²) in [5.74, 6) is -0.159. The van der Waals surface area contributed by atoms with Crippen LogP contribution in [-0.2, 0) is 9.53 Å². The first-order chi connectivity index (χ1) is 7.88. The third-order valence-corrected chi connectivity index (χ3v) is 2.48. The van der Waals surface area contributed by atoms with Crippen LogP contribution in [0.5, 0.6) is 0 Å². The first-order valence-corrected chi connectivity index (χ1v) is 5.55. The van der Waals surface area contributed by atoms with Gasteiger partial charge in [0.25, 0.3) is 0 Å². The number of ether oxygens (including phenoxy) is 1. The van der Waals surface area contributed by atoms with Gasteiger partial charge in [-0.2, -0.15) is 5.10 Å². The van der Waals surface area contributed by atoms with Crippen molar-refractivity contribution in [3.63, 3.8) is 0 Å². The molecule has 98 valence electrons. The number of esters is 1. The molecule has 0 aliphatic rings. The summed E-state index contributed by atoms with van der Waals surface area (Å²) in [5.41, 5.74) is 7.76. The van der Waals surface area contributed by atoms with E-state index in [9.17, 15) is 9.59 Å². The number of rotatable bonds is 6. The fourth-order valence-electron chi connectivity index (χ4n) is 1.45. The van der Waals surface area contributed by atoms with Crippen molar-refractivity contribution in [1.82, 2.24) is 5.43 Å². The van der Waals surface area contributed by atoms with Gasteiger partial charge in [-0.3, -0.25) is 4.79 Å². The highest BCUT2D eigenvalue weighted by atomic mass is 16.5. The van der Waals surface area contributed by atoms with E-state index in [1.807, 2.05) is 13.8 Å². The molecule has 6 heteroatoms. The van der Waals surface area contributed by atoms with Crippen molar-refractivity contribution in [3.05, 3.63) is 0 Å². The fraction of sp³-hybridized carbons (Fsp3) is 0.727. The zero-order chi connectivity index (χ0) is 13.4. The van der Waals surface area contributed by atoms with Crippen LogP contribution in [-0.4, -0.2) is 24.8 Å². The molecule has 3 N–H and O–H groups in total. The lowest BCUT2D eigenvalue weighted by Gasteiger charge is -2.17. The third-order valence-electron chi connectivity index (χ3n) is 2.48. The number of nitrogens with two attached hydrogens (primary N) is 1. The molecule has 0 aliphatic carbocycles. The van der Waals surface area contributed by atoms with Crippen LogP contribution in [0.1, 0.15) is 33.6 Å². The van der Waals surface area contributed by atoms with E-state index < -0.39 is 6.03 Å². The summed E-state index contributed by atoms with van der Waals surface area (Å²) in [4.78, 5) is 21.9. The van der Waals surface area contributed by atoms with E-state index in [-0.39, 0.29) is 17.8 Å². The molecule has 0 heterocycles. The van der Waals surface area contributed by atoms with Crippen molar-refractivity contribution >= 4 is 17.7 Å². The number of nitrogens with one attached hydrogen (secondary N) is 1. The first kappa shape index (κ1) is 15.4. The summed E-state index contributed by atoms with van der Waals surface area (Å²) in [6.07, 6.45) is 1.25. The van der Waals surface area contributed by atoms with E-state index in [1.165, 1.54) is 7.11 Å². The Balaban J connectivity index is 4.26. The lowest BCUT2D eigenvalue weighted by atomic mass is 9.90. The molecule has 1 atom stereocenters. The van der Waals surface area contributed by atoms with Crippen LogP contribution in [0.3, 0.4) is 0 Å². The molecule has 0 radical (unpaired) electrons. The molecule has 0 aromatic carbocycles. The largest absolute Gasteiger partial charge is 0.469 e. The van der Waals surface area contributed by atoms with E-state index in [0.29, 0.717) is 12.8 Å². The molecule has 0 bridgehead atoms. The SMILES string of the molecule is COC(=O)[C@H](CC/C(C)=N/NC(N)=O)C(C)C. The van der Waals surface area contributed by atoms with Gasteiger partial charge in [-0.05, 0) is 25.7 Å². The Morgan fingerprint density at radius 1 is 1.41 bits per heavy atom. The number of hydrogen-bond donors (Lipinski definition) is 2. The van der Waals surface area contributed by atoms with Gasteiger partial charge in [-0.25, -0.2) is 10.2 Å². The normalized spacial score (nSPS) is 13.4. The highest BCUT2D eigenvalue weighted by Crippen LogP contribution is 2.18. The molecule has 0 rings (SSSR count). The van der Waals surface area contributed by atoms with E-state index in [0.717, 1.165) is 5.71 Å². The van der Waals surface area contributed by atoms with E-state index in [1.54, 1.807) is 6.92 Å². The lowest BCUT2D eigenvalue weighted by molar-refractivity contribution is -0.147. The van der Waals surface area contributed by atoms with Crippen molar-refractivity contribution < 1.29 is 14.3 Å². The summed E-state index contributed by atoms with van der Waals surface area (Å²) >= 11 is 0. The molecule has 0 aliphatic heterocycles. The molecule has 0 spiro atoms. The number of primary amides is 1. The zero-order valence-electron chi connectivity index (χ0n) is 10.8. The van der Waals surface area contributed by atoms with Gasteiger partial charge in [0, 0.05) is 5.71 Å². The Kier molecular flexibility index (Phi) is 6.93. The van der Waals surface area contributed by atoms with Crippen LogP contribution < -0.4 is 11.2 Å². The first-order valence-electron chi connectivity index (χ1n) is 5.55. The Hall–Kier alpha value is -1.59. The average Bonchev–Trinajstić information content (AvgIpc) is 2.25. The summed E-state index contributed by atoms with van der Waals surface area (Å²) in [6, 6.07) is -0.697. The molecule has 0 saturated carbocycles. The number of methoxy groups -OCH3 is 1. The minimum Gasteiger partial charge on any atom is -0.469 e. The van der Waals surface area contributed by atoms with Crippen LogP contribution in [0, 0.1) is 11.8 Å². The molecule has 0 aromatic heterocycles. The second kappa shape index (κ2) is 7.65. The Morgan fingerprint density at radius 3 is 2.41 bits per heavy atom. The quantitative estimate of drug-likeness (QED) is 0.417. The molecule has 2 amide bonds. The van der Waals surface area contributed by atoms with E-state index >= 15 is 0 Å². The highest BCUT2D eigenvalue weighted by molar-refractivity contribution is 5.84. The predicted octanol–water partition coefficient (Wildman–Crippen LogP) is 1.26. The number of urea groups is 1. The van der Waals surface area contributed by atoms with Crippen LogP contribution in [0.15, 0.2) is 5.10 Å². The predicted molar refractivity (Wildman–Crippen MR) is 65.4 cm³/mol. The molecule has 0 saturated heterocycles. The standard InChI is InChI=1S/C11H21N3O3/c1-7(2)9(10(15)17-4)6-5-8(3)13-14-11(12)16/h7,9H,5-6H2,1-4H3,(H3,12,14,16)/b13-8+/t9-/m1/s1. The minimum absolute atomic E-state index is 0.154. The van der Waals surface area contributed by atoms with Gasteiger partial charge in [0.2, 0.25) is 0 Å². The van der Waals surface area contributed by atoms with Crippen molar-refractivity contribution in [3.8, 4) is 0 Å². The lowest BCUT2D eigenvalue weighted by Crippen LogP contribution is -2.26. The highest BCUT2D eigenvalue weighted by Gasteiger charge is 2.22. The third kappa shape index (κ3) is 6.55.